The van der Waals surface area contributed by atoms with Crippen molar-refractivity contribution in [2.24, 2.45) is 0 Å². The lowest BCUT2D eigenvalue weighted by Gasteiger charge is -2.30. The Morgan fingerprint density at radius 1 is 0.840 bits per heavy atom. The van der Waals surface area contributed by atoms with Crippen molar-refractivity contribution in [1.82, 2.24) is 5.43 Å². The summed E-state index contributed by atoms with van der Waals surface area (Å²) >= 11 is 0. The van der Waals surface area contributed by atoms with Crippen LogP contribution in [0.1, 0.15) is 104 Å². The largest absolute Gasteiger partial charge is 0.387 e. The number of hydrogen-bond donors (Lipinski definition) is 2. The van der Waals surface area contributed by atoms with Crippen LogP contribution in [0, 0.1) is 0 Å². The molecule has 2 N–H and O–H groups in total. The third kappa shape index (κ3) is 18.0. The molecule has 0 saturated heterocycles. The number of hydrogen-bond acceptors (Lipinski definition) is 2. The first-order chi connectivity index (χ1) is 11.9. The molecule has 0 fully saturated rings. The highest BCUT2D eigenvalue weighted by Crippen LogP contribution is 2.13. The third-order valence-electron chi connectivity index (χ3n) is 4.66. The molecule has 0 aromatic heterocycles. The first-order valence-corrected chi connectivity index (χ1v) is 10.7. The minimum Gasteiger partial charge on any atom is -0.387 e. The topological polar surface area (TPSA) is 49.3 Å². The predicted molar refractivity (Wildman–Crippen MR) is 107 cm³/mol. The number of aliphatic hydroxyl groups excluding tert-OH is 1. The van der Waals surface area contributed by atoms with Crippen molar-refractivity contribution in [2.45, 2.75) is 110 Å². The van der Waals surface area contributed by atoms with Crippen molar-refractivity contribution in [2.75, 3.05) is 20.6 Å². The van der Waals surface area contributed by atoms with E-state index in [2.05, 4.69) is 12.3 Å². The van der Waals surface area contributed by atoms with Gasteiger partial charge >= 0.3 is 0 Å². The average molecular weight is 358 g/mol. The van der Waals surface area contributed by atoms with E-state index in [1.54, 1.807) is 6.92 Å². The molecule has 150 valence electrons. The molecule has 0 spiro atoms. The Labute approximate surface area is 156 Å². The summed E-state index contributed by atoms with van der Waals surface area (Å²) in [6, 6.07) is 0. The number of nitrogens with one attached hydrogen (secondary N) is 1. The lowest BCUT2D eigenvalue weighted by Crippen LogP contribution is -2.57. The Hall–Kier alpha value is -0.610. The van der Waals surface area contributed by atoms with Gasteiger partial charge in [0.15, 0.2) is 0 Å². The zero-order chi connectivity index (χ0) is 19.0. The molecule has 0 radical (unpaired) electrons. The van der Waals surface area contributed by atoms with E-state index in [4.69, 9.17) is 0 Å². The van der Waals surface area contributed by atoms with E-state index >= 15 is 0 Å². The fraction of sp³-hybridized carbons (Fsp3) is 0.952. The molecular weight excluding hydrogens is 312 g/mol. The number of carbonyl (C=O) groups excluding carboxylic acids is 1. The number of unbranched alkanes of at least 4 members (excludes halogenated alkanes) is 12. The molecule has 0 heterocycles. The number of likely N-dealkylation sites (N-methyl/N-ethyl adjacent to an activating group) is 1. The van der Waals surface area contributed by atoms with Gasteiger partial charge in [0.2, 0.25) is 0 Å². The maximum Gasteiger partial charge on any atom is 0.264 e. The van der Waals surface area contributed by atoms with E-state index < -0.39 is 6.10 Å². The maximum atomic E-state index is 11.9. The van der Waals surface area contributed by atoms with Crippen LogP contribution < -0.4 is 5.43 Å². The van der Waals surface area contributed by atoms with Crippen molar-refractivity contribution >= 4 is 5.91 Å². The van der Waals surface area contributed by atoms with Gasteiger partial charge in [0.1, 0.15) is 12.6 Å². The Kier molecular flexibility index (Phi) is 15.2. The van der Waals surface area contributed by atoms with Gasteiger partial charge in [0.25, 0.3) is 5.91 Å². The Morgan fingerprint density at radius 3 is 1.64 bits per heavy atom. The Bertz CT molecular complexity index is 317. The highest BCUT2D eigenvalue weighted by molar-refractivity contribution is 5.74. The van der Waals surface area contributed by atoms with Crippen molar-refractivity contribution in [1.29, 1.82) is 0 Å². The third-order valence-corrected chi connectivity index (χ3v) is 4.66. The van der Waals surface area contributed by atoms with Gasteiger partial charge in [0.05, 0.1) is 14.1 Å². The summed E-state index contributed by atoms with van der Waals surface area (Å²) in [6.07, 6.45) is 17.4. The lowest BCUT2D eigenvalue weighted by atomic mass is 10.0. The minimum absolute atomic E-state index is 0.0914. The summed E-state index contributed by atoms with van der Waals surface area (Å²) in [6.45, 7) is 4.55. The molecule has 1 amide bonds. The SMILES string of the molecule is CCCCCCCCCCCCCCCC(=O)N[N+](C)(C)C[C@H](C)O. The molecule has 0 unspecified atom stereocenters. The van der Waals surface area contributed by atoms with E-state index in [9.17, 15) is 9.90 Å². The fourth-order valence-corrected chi connectivity index (χ4v) is 3.40. The summed E-state index contributed by atoms with van der Waals surface area (Å²) in [5.74, 6) is 0.0914. The first kappa shape index (κ1) is 24.4. The highest BCUT2D eigenvalue weighted by atomic mass is 16.3. The minimum atomic E-state index is -0.411. The molecule has 0 aliphatic heterocycles. The summed E-state index contributed by atoms with van der Waals surface area (Å²) in [5, 5.41) is 9.43. The van der Waals surface area contributed by atoms with Gasteiger partial charge in [-0.15, -0.1) is 0 Å². The van der Waals surface area contributed by atoms with Crippen LogP contribution in [-0.2, 0) is 4.79 Å². The van der Waals surface area contributed by atoms with Gasteiger partial charge in [-0.3, -0.25) is 4.79 Å². The number of aliphatic hydroxyl groups is 1. The molecule has 0 aliphatic carbocycles. The van der Waals surface area contributed by atoms with Gasteiger partial charge in [-0.1, -0.05) is 84.0 Å². The van der Waals surface area contributed by atoms with Crippen molar-refractivity contribution in [3.63, 3.8) is 0 Å². The summed E-state index contributed by atoms with van der Waals surface area (Å²) < 4.78 is 0.342. The van der Waals surface area contributed by atoms with Crippen molar-refractivity contribution < 1.29 is 14.5 Å². The first-order valence-electron chi connectivity index (χ1n) is 10.7. The van der Waals surface area contributed by atoms with E-state index in [1.165, 1.54) is 70.6 Å². The number of rotatable bonds is 17. The number of nitrogens with zero attached hydrogens (tertiary/aromatic N) is 1. The zero-order valence-corrected chi connectivity index (χ0v) is 17.5. The molecule has 1 atom stereocenters. The molecule has 4 nitrogen and oxygen atoms in total. The average Bonchev–Trinajstić information content (AvgIpc) is 2.50. The molecule has 0 rings (SSSR count). The lowest BCUT2D eigenvalue weighted by molar-refractivity contribution is -0.927. The number of carbonyl (C=O) groups is 1. The van der Waals surface area contributed by atoms with E-state index in [0.717, 1.165) is 12.8 Å². The van der Waals surface area contributed by atoms with Crippen LogP contribution in [0.25, 0.3) is 0 Å². The standard InChI is InChI=1S/C21H44N2O2/c1-5-6-7-8-9-10-11-12-13-14-15-16-17-18-21(25)22-23(3,4)19-20(2)24/h20,24H,5-19H2,1-4H3/p+1/t20-/m0/s1. The second-order valence-electron chi connectivity index (χ2n) is 8.24. The molecule has 0 aromatic rings. The zero-order valence-electron chi connectivity index (χ0n) is 17.5. The molecule has 0 aliphatic rings. The molecule has 0 aromatic carbocycles. The predicted octanol–water partition coefficient (Wildman–Crippen LogP) is 4.96. The van der Waals surface area contributed by atoms with Gasteiger partial charge in [-0.25, -0.2) is 10.0 Å². The Balaban J connectivity index is 3.36. The van der Waals surface area contributed by atoms with E-state index in [0.29, 0.717) is 17.6 Å². The molecule has 25 heavy (non-hydrogen) atoms. The van der Waals surface area contributed by atoms with Crippen LogP contribution in [0.4, 0.5) is 0 Å². The van der Waals surface area contributed by atoms with Gasteiger partial charge in [0, 0.05) is 6.42 Å². The van der Waals surface area contributed by atoms with Gasteiger partial charge in [-0.2, -0.15) is 0 Å². The molecule has 0 saturated carbocycles. The van der Waals surface area contributed by atoms with Gasteiger partial charge < -0.3 is 5.11 Å². The Morgan fingerprint density at radius 2 is 1.24 bits per heavy atom. The van der Waals surface area contributed by atoms with Crippen LogP contribution in [0.15, 0.2) is 0 Å². The van der Waals surface area contributed by atoms with Crippen LogP contribution in [0.5, 0.6) is 0 Å². The summed E-state index contributed by atoms with van der Waals surface area (Å²) in [4.78, 5) is 11.9. The fourth-order valence-electron chi connectivity index (χ4n) is 3.40. The van der Waals surface area contributed by atoms with Gasteiger partial charge in [-0.05, 0) is 13.3 Å². The van der Waals surface area contributed by atoms with Crippen molar-refractivity contribution in [3.05, 3.63) is 0 Å². The normalized spacial score (nSPS) is 13.0. The smallest absolute Gasteiger partial charge is 0.264 e. The molecule has 4 heteroatoms. The van der Waals surface area contributed by atoms with Crippen molar-refractivity contribution in [3.8, 4) is 0 Å². The number of amides is 1. The van der Waals surface area contributed by atoms with Crippen LogP contribution in [0.3, 0.4) is 0 Å². The van der Waals surface area contributed by atoms with Crippen LogP contribution >= 0.6 is 0 Å². The quantitative estimate of drug-likeness (QED) is 0.220. The molecular formula is C21H45N2O2+. The second kappa shape index (κ2) is 15.6. The number of quaternary nitrogens is 1. The van der Waals surface area contributed by atoms with Crippen LogP contribution in [0.2, 0.25) is 0 Å². The summed E-state index contributed by atoms with van der Waals surface area (Å²) in [7, 11) is 3.82. The van der Waals surface area contributed by atoms with E-state index in [1.807, 2.05) is 14.1 Å². The monoisotopic (exact) mass is 357 g/mol. The second-order valence-corrected chi connectivity index (χ2v) is 8.24. The maximum absolute atomic E-state index is 11.9. The van der Waals surface area contributed by atoms with Crippen LogP contribution in [-0.4, -0.2) is 42.3 Å². The highest BCUT2D eigenvalue weighted by Gasteiger charge is 2.20. The van der Waals surface area contributed by atoms with E-state index in [-0.39, 0.29) is 5.91 Å². The summed E-state index contributed by atoms with van der Waals surface area (Å²) in [5.41, 5.74) is 2.97. The molecule has 0 bridgehead atoms.